The van der Waals surface area contributed by atoms with Gasteiger partial charge >= 0.3 is 0 Å². The van der Waals surface area contributed by atoms with E-state index in [1.165, 1.54) is 5.57 Å². The van der Waals surface area contributed by atoms with E-state index in [1.807, 2.05) is 6.08 Å². The summed E-state index contributed by atoms with van der Waals surface area (Å²) in [6, 6.07) is 0. The van der Waals surface area contributed by atoms with Crippen LogP contribution in [0.1, 0.15) is 27.2 Å². The first-order chi connectivity index (χ1) is 5.22. The highest BCUT2D eigenvalue weighted by molar-refractivity contribution is 5.10. The Morgan fingerprint density at radius 3 is 2.64 bits per heavy atom. The molecule has 1 unspecified atom stereocenters. The van der Waals surface area contributed by atoms with Gasteiger partial charge in [-0.3, -0.25) is 0 Å². The molecule has 0 aromatic rings. The predicted octanol–water partition coefficient (Wildman–Crippen LogP) is 3.72. The summed E-state index contributed by atoms with van der Waals surface area (Å²) >= 11 is 0. The average molecular weight is 150 g/mol. The zero-order valence-corrected chi connectivity index (χ0v) is 7.80. The Bertz CT molecular complexity index is 161. The van der Waals surface area contributed by atoms with Crippen molar-refractivity contribution in [3.63, 3.8) is 0 Å². The van der Waals surface area contributed by atoms with Crippen LogP contribution in [0.2, 0.25) is 0 Å². The fourth-order valence-electron chi connectivity index (χ4n) is 0.896. The predicted molar refractivity (Wildman–Crippen MR) is 52.5 cm³/mol. The molecule has 0 aliphatic carbocycles. The number of hydrogen-bond donors (Lipinski definition) is 0. The minimum absolute atomic E-state index is 0.569. The van der Waals surface area contributed by atoms with Crippen molar-refractivity contribution in [3.8, 4) is 0 Å². The van der Waals surface area contributed by atoms with Crippen molar-refractivity contribution in [1.82, 2.24) is 0 Å². The first kappa shape index (κ1) is 10.2. The van der Waals surface area contributed by atoms with Crippen LogP contribution in [0.15, 0.2) is 36.5 Å². The van der Waals surface area contributed by atoms with Gasteiger partial charge in [0.2, 0.25) is 0 Å². The fourth-order valence-corrected chi connectivity index (χ4v) is 0.896. The van der Waals surface area contributed by atoms with Gasteiger partial charge in [-0.15, -0.1) is 6.58 Å². The Kier molecular flexibility index (Phi) is 5.54. The van der Waals surface area contributed by atoms with Gasteiger partial charge in [0.25, 0.3) is 0 Å². The van der Waals surface area contributed by atoms with Crippen LogP contribution in [0, 0.1) is 5.92 Å². The zero-order chi connectivity index (χ0) is 8.69. The van der Waals surface area contributed by atoms with Gasteiger partial charge in [-0.05, 0) is 26.2 Å². The molecule has 0 aromatic carbocycles. The summed E-state index contributed by atoms with van der Waals surface area (Å²) < 4.78 is 0. The van der Waals surface area contributed by atoms with Crippen molar-refractivity contribution in [1.29, 1.82) is 0 Å². The van der Waals surface area contributed by atoms with Crippen LogP contribution in [0.5, 0.6) is 0 Å². The highest BCUT2D eigenvalue weighted by Gasteiger charge is 1.96. The first-order valence-electron chi connectivity index (χ1n) is 4.12. The quantitative estimate of drug-likeness (QED) is 0.536. The molecule has 0 nitrogen and oxygen atoms in total. The van der Waals surface area contributed by atoms with Crippen LogP contribution in [0.4, 0.5) is 0 Å². The molecule has 0 aliphatic heterocycles. The van der Waals surface area contributed by atoms with Crippen molar-refractivity contribution in [2.75, 3.05) is 0 Å². The Hall–Kier alpha value is -0.780. The molecule has 0 bridgehead atoms. The molecule has 0 aromatic heterocycles. The van der Waals surface area contributed by atoms with Gasteiger partial charge in [0.1, 0.15) is 0 Å². The molecule has 1 atom stereocenters. The van der Waals surface area contributed by atoms with Crippen molar-refractivity contribution >= 4 is 0 Å². The molecular formula is C11H18. The van der Waals surface area contributed by atoms with Gasteiger partial charge in [0, 0.05) is 0 Å². The molecule has 0 saturated heterocycles. The van der Waals surface area contributed by atoms with E-state index in [-0.39, 0.29) is 0 Å². The summed E-state index contributed by atoms with van der Waals surface area (Å²) in [6.07, 6.45) is 9.42. The van der Waals surface area contributed by atoms with E-state index >= 15 is 0 Å². The lowest BCUT2D eigenvalue weighted by Gasteiger charge is -2.05. The Morgan fingerprint density at radius 2 is 2.18 bits per heavy atom. The van der Waals surface area contributed by atoms with Crippen LogP contribution in [-0.2, 0) is 0 Å². The molecular weight excluding hydrogens is 132 g/mol. The Balaban J connectivity index is 3.99. The van der Waals surface area contributed by atoms with Crippen molar-refractivity contribution in [2.24, 2.45) is 5.92 Å². The molecule has 0 N–H and O–H groups in total. The van der Waals surface area contributed by atoms with E-state index < -0.39 is 0 Å². The molecule has 0 heteroatoms. The fraction of sp³-hybridized carbons (Fsp3) is 0.455. The van der Waals surface area contributed by atoms with Crippen LogP contribution >= 0.6 is 0 Å². The molecule has 0 radical (unpaired) electrons. The van der Waals surface area contributed by atoms with Gasteiger partial charge in [0.05, 0.1) is 0 Å². The van der Waals surface area contributed by atoms with Gasteiger partial charge in [-0.2, -0.15) is 0 Å². The summed E-state index contributed by atoms with van der Waals surface area (Å²) in [5.74, 6) is 0.569. The third-order valence-corrected chi connectivity index (χ3v) is 1.81. The van der Waals surface area contributed by atoms with Gasteiger partial charge < -0.3 is 0 Å². The lowest BCUT2D eigenvalue weighted by atomic mass is 10.0. The second kappa shape index (κ2) is 5.96. The van der Waals surface area contributed by atoms with Crippen molar-refractivity contribution in [2.45, 2.75) is 27.2 Å². The maximum Gasteiger partial charge on any atom is -0.00544 e. The van der Waals surface area contributed by atoms with Crippen molar-refractivity contribution in [3.05, 3.63) is 36.5 Å². The normalized spacial score (nSPS) is 15.4. The van der Waals surface area contributed by atoms with Crippen LogP contribution in [0.3, 0.4) is 0 Å². The van der Waals surface area contributed by atoms with E-state index in [1.54, 1.807) is 0 Å². The standard InChI is InChI=1S/C11H18/c1-5-7-9-11(4)10(3)8-6-2/h5-6,8-10H,1,7H2,2-4H3. The molecule has 62 valence electrons. The smallest absolute Gasteiger partial charge is 0.00544 e. The number of allylic oxidation sites excluding steroid dienone is 5. The summed E-state index contributed by atoms with van der Waals surface area (Å²) in [5.41, 5.74) is 1.42. The lowest BCUT2D eigenvalue weighted by Crippen LogP contribution is -1.90. The average Bonchev–Trinajstić information content (AvgIpc) is 2.00. The topological polar surface area (TPSA) is 0 Å². The molecule has 0 rings (SSSR count). The molecule has 0 aliphatic rings. The molecule has 0 spiro atoms. The molecule has 0 fully saturated rings. The zero-order valence-electron chi connectivity index (χ0n) is 7.80. The minimum Gasteiger partial charge on any atom is -0.103 e. The highest BCUT2D eigenvalue weighted by atomic mass is 14.0. The Labute approximate surface area is 70.3 Å². The number of rotatable bonds is 4. The molecule has 11 heavy (non-hydrogen) atoms. The summed E-state index contributed by atoms with van der Waals surface area (Å²) in [7, 11) is 0. The Morgan fingerprint density at radius 1 is 1.55 bits per heavy atom. The second-order valence-electron chi connectivity index (χ2n) is 2.79. The SMILES string of the molecule is C=CCC=C(C)C(C)C=CC. The first-order valence-corrected chi connectivity index (χ1v) is 4.12. The molecule has 0 heterocycles. The van der Waals surface area contributed by atoms with Crippen LogP contribution in [-0.4, -0.2) is 0 Å². The number of hydrogen-bond acceptors (Lipinski definition) is 0. The summed E-state index contributed by atoms with van der Waals surface area (Å²) in [5, 5.41) is 0. The van der Waals surface area contributed by atoms with Crippen molar-refractivity contribution < 1.29 is 0 Å². The molecule has 0 amide bonds. The van der Waals surface area contributed by atoms with Gasteiger partial charge in [-0.25, -0.2) is 0 Å². The van der Waals surface area contributed by atoms with E-state index in [0.717, 1.165) is 6.42 Å². The maximum absolute atomic E-state index is 3.68. The van der Waals surface area contributed by atoms with E-state index in [2.05, 4.69) is 45.6 Å². The van der Waals surface area contributed by atoms with Gasteiger partial charge in [0.15, 0.2) is 0 Å². The third kappa shape index (κ3) is 4.60. The summed E-state index contributed by atoms with van der Waals surface area (Å²) in [6.45, 7) is 10.1. The largest absolute Gasteiger partial charge is 0.103 e. The monoisotopic (exact) mass is 150 g/mol. The van der Waals surface area contributed by atoms with Crippen LogP contribution < -0.4 is 0 Å². The summed E-state index contributed by atoms with van der Waals surface area (Å²) in [4.78, 5) is 0. The maximum atomic E-state index is 3.68. The third-order valence-electron chi connectivity index (χ3n) is 1.81. The minimum atomic E-state index is 0.569. The molecule has 0 saturated carbocycles. The lowest BCUT2D eigenvalue weighted by molar-refractivity contribution is 0.854. The van der Waals surface area contributed by atoms with E-state index in [9.17, 15) is 0 Å². The van der Waals surface area contributed by atoms with E-state index in [0.29, 0.717) is 5.92 Å². The van der Waals surface area contributed by atoms with Crippen LogP contribution in [0.25, 0.3) is 0 Å². The highest BCUT2D eigenvalue weighted by Crippen LogP contribution is 2.11. The second-order valence-corrected chi connectivity index (χ2v) is 2.79. The van der Waals surface area contributed by atoms with Gasteiger partial charge in [-0.1, -0.05) is 36.8 Å². The van der Waals surface area contributed by atoms with E-state index in [4.69, 9.17) is 0 Å².